The molecule has 2 aromatic rings. The molecule has 1 amide bonds. The van der Waals surface area contributed by atoms with Crippen LogP contribution in [0, 0.1) is 11.3 Å². The number of ketones is 1. The van der Waals surface area contributed by atoms with Crippen LogP contribution in [0.15, 0.2) is 59.8 Å². The van der Waals surface area contributed by atoms with E-state index in [-0.39, 0.29) is 28.4 Å². The molecular formula is C29H36N2O2. The number of carbonyl (C=O) groups is 2. The first-order valence-corrected chi connectivity index (χ1v) is 11.9. The highest BCUT2D eigenvalue weighted by atomic mass is 16.2. The predicted octanol–water partition coefficient (Wildman–Crippen LogP) is 6.78. The maximum absolute atomic E-state index is 13.7. The van der Waals surface area contributed by atoms with Crippen molar-refractivity contribution in [2.24, 2.45) is 11.3 Å². The molecule has 2 aromatic carbocycles. The molecule has 1 atom stereocenters. The summed E-state index contributed by atoms with van der Waals surface area (Å²) in [6, 6.07) is 15.9. The van der Waals surface area contributed by atoms with Gasteiger partial charge in [0.2, 0.25) is 5.91 Å². The minimum atomic E-state index is -0.455. The summed E-state index contributed by atoms with van der Waals surface area (Å²) < 4.78 is 0. The van der Waals surface area contributed by atoms with Crippen LogP contribution in [-0.4, -0.2) is 11.7 Å². The molecule has 0 unspecified atom stereocenters. The maximum Gasteiger partial charge on any atom is 0.230 e. The molecule has 0 fully saturated rings. The second-order valence-electron chi connectivity index (χ2n) is 11.6. The Morgan fingerprint density at radius 2 is 1.67 bits per heavy atom. The van der Waals surface area contributed by atoms with Crippen LogP contribution in [0.1, 0.15) is 78.5 Å². The fourth-order valence-corrected chi connectivity index (χ4v) is 4.99. The van der Waals surface area contributed by atoms with Crippen molar-refractivity contribution < 1.29 is 9.59 Å². The number of anilines is 2. The third-order valence-electron chi connectivity index (χ3n) is 6.72. The van der Waals surface area contributed by atoms with E-state index in [0.29, 0.717) is 6.42 Å². The molecule has 1 heterocycles. The number of fused-ring (bicyclic) bond motifs is 1. The zero-order valence-corrected chi connectivity index (χ0v) is 21.0. The van der Waals surface area contributed by atoms with Crippen molar-refractivity contribution in [3.05, 3.63) is 70.9 Å². The topological polar surface area (TPSA) is 49.4 Å². The van der Waals surface area contributed by atoms with E-state index in [2.05, 4.69) is 64.2 Å². The van der Waals surface area contributed by atoms with Crippen LogP contribution < -0.4 is 10.2 Å². The van der Waals surface area contributed by atoms with E-state index in [4.69, 9.17) is 0 Å². The second-order valence-corrected chi connectivity index (χ2v) is 11.6. The van der Waals surface area contributed by atoms with Crippen LogP contribution in [0.5, 0.6) is 0 Å². The first-order chi connectivity index (χ1) is 15.4. The van der Waals surface area contributed by atoms with Crippen molar-refractivity contribution >= 4 is 23.1 Å². The normalized spacial score (nSPS) is 20.2. The van der Waals surface area contributed by atoms with Crippen molar-refractivity contribution in [2.45, 2.75) is 72.8 Å². The van der Waals surface area contributed by atoms with E-state index in [1.807, 2.05) is 43.0 Å². The molecule has 0 saturated carbocycles. The summed E-state index contributed by atoms with van der Waals surface area (Å²) in [5, 5.41) is 3.57. The number of para-hydroxylation sites is 2. The van der Waals surface area contributed by atoms with Gasteiger partial charge in [-0.1, -0.05) is 84.9 Å². The SMILES string of the molecule is CC(C)C(=O)N1c2ccccc2NC2=C(C(=O)CC(C)(C)C2)[C@H]1c1ccc(C(C)(C)C)cc1. The first-order valence-electron chi connectivity index (χ1n) is 11.9. The molecule has 0 aromatic heterocycles. The third-order valence-corrected chi connectivity index (χ3v) is 6.72. The number of benzene rings is 2. The summed E-state index contributed by atoms with van der Waals surface area (Å²) in [5.41, 5.74) is 5.45. The van der Waals surface area contributed by atoms with Crippen LogP contribution in [0.3, 0.4) is 0 Å². The second kappa shape index (κ2) is 8.16. The van der Waals surface area contributed by atoms with Gasteiger partial charge in [-0.3, -0.25) is 14.5 Å². The minimum Gasteiger partial charge on any atom is -0.357 e. The Hall–Kier alpha value is -2.88. The molecule has 1 aliphatic carbocycles. The highest BCUT2D eigenvalue weighted by Crippen LogP contribution is 2.48. The molecular weight excluding hydrogens is 408 g/mol. The largest absolute Gasteiger partial charge is 0.357 e. The zero-order valence-electron chi connectivity index (χ0n) is 21.0. The van der Waals surface area contributed by atoms with Crippen LogP contribution >= 0.6 is 0 Å². The van der Waals surface area contributed by atoms with Crippen LogP contribution in [0.2, 0.25) is 0 Å². The average Bonchev–Trinajstić information content (AvgIpc) is 2.86. The van der Waals surface area contributed by atoms with E-state index >= 15 is 0 Å². The molecule has 0 saturated heterocycles. The first kappa shape index (κ1) is 23.3. The van der Waals surface area contributed by atoms with Gasteiger partial charge in [0.1, 0.15) is 0 Å². The molecule has 4 nitrogen and oxygen atoms in total. The highest BCUT2D eigenvalue weighted by Gasteiger charge is 2.43. The standard InChI is InChI=1S/C29H36N2O2/c1-18(2)27(33)31-23-11-9-8-10-21(23)30-22-16-29(6,7)17-24(32)25(22)26(31)19-12-14-20(15-13-19)28(3,4)5/h8-15,18,26,30H,16-17H2,1-7H3/t26-/m1/s1. The Balaban J connectivity index is 1.98. The third kappa shape index (κ3) is 4.36. The van der Waals surface area contributed by atoms with Crippen LogP contribution in [0.4, 0.5) is 11.4 Å². The van der Waals surface area contributed by atoms with Gasteiger partial charge >= 0.3 is 0 Å². The molecule has 33 heavy (non-hydrogen) atoms. The van der Waals surface area contributed by atoms with E-state index in [1.165, 1.54) is 5.56 Å². The number of amides is 1. The molecule has 174 valence electrons. The zero-order chi connectivity index (χ0) is 24.1. The Morgan fingerprint density at radius 1 is 1.03 bits per heavy atom. The maximum atomic E-state index is 13.7. The lowest BCUT2D eigenvalue weighted by molar-refractivity contribution is -0.122. The molecule has 0 spiro atoms. The number of nitrogens with one attached hydrogen (secondary N) is 1. The molecule has 4 rings (SSSR count). The van der Waals surface area contributed by atoms with E-state index in [1.54, 1.807) is 0 Å². The van der Waals surface area contributed by atoms with Gasteiger partial charge in [-0.05, 0) is 40.5 Å². The van der Waals surface area contributed by atoms with Gasteiger partial charge in [0.05, 0.1) is 17.4 Å². The summed E-state index contributed by atoms with van der Waals surface area (Å²) in [4.78, 5) is 29.2. The van der Waals surface area contributed by atoms with Gasteiger partial charge < -0.3 is 5.32 Å². The Kier molecular flexibility index (Phi) is 5.76. The number of Topliss-reactive ketones (excluding diaryl/α,β-unsaturated/α-hetero) is 1. The quantitative estimate of drug-likeness (QED) is 0.555. The van der Waals surface area contributed by atoms with Crippen molar-refractivity contribution in [1.82, 2.24) is 0 Å². The van der Waals surface area contributed by atoms with Gasteiger partial charge in [-0.25, -0.2) is 0 Å². The lowest BCUT2D eigenvalue weighted by atomic mass is 9.73. The molecule has 0 radical (unpaired) electrons. The van der Waals surface area contributed by atoms with Gasteiger partial charge in [-0.15, -0.1) is 0 Å². The summed E-state index contributed by atoms with van der Waals surface area (Å²) in [6.45, 7) is 14.7. The molecule has 1 aliphatic heterocycles. The Bertz CT molecular complexity index is 1120. The lowest BCUT2D eigenvalue weighted by Gasteiger charge is -2.38. The van der Waals surface area contributed by atoms with Gasteiger partial charge in [0, 0.05) is 23.6 Å². The summed E-state index contributed by atoms with van der Waals surface area (Å²) in [5.74, 6) is -0.0692. The van der Waals surface area contributed by atoms with E-state index < -0.39 is 6.04 Å². The highest BCUT2D eigenvalue weighted by molar-refractivity contribution is 6.06. The fraction of sp³-hybridized carbons (Fsp3) is 0.448. The summed E-state index contributed by atoms with van der Waals surface area (Å²) >= 11 is 0. The van der Waals surface area contributed by atoms with Crippen LogP contribution in [0.25, 0.3) is 0 Å². The van der Waals surface area contributed by atoms with Gasteiger partial charge in [0.15, 0.2) is 5.78 Å². The number of allylic oxidation sites excluding steroid dienone is 1. The Morgan fingerprint density at radius 3 is 2.27 bits per heavy atom. The predicted molar refractivity (Wildman–Crippen MR) is 135 cm³/mol. The van der Waals surface area contributed by atoms with Crippen molar-refractivity contribution in [3.8, 4) is 0 Å². The summed E-state index contributed by atoms with van der Waals surface area (Å²) in [6.07, 6.45) is 1.24. The van der Waals surface area contributed by atoms with E-state index in [9.17, 15) is 9.59 Å². The summed E-state index contributed by atoms with van der Waals surface area (Å²) in [7, 11) is 0. The Labute approximate surface area is 198 Å². The van der Waals surface area contributed by atoms with Crippen molar-refractivity contribution in [1.29, 1.82) is 0 Å². The average molecular weight is 445 g/mol. The molecule has 0 bridgehead atoms. The van der Waals surface area contributed by atoms with Gasteiger partial charge in [-0.2, -0.15) is 0 Å². The fourth-order valence-electron chi connectivity index (χ4n) is 4.99. The number of carbonyl (C=O) groups excluding carboxylic acids is 2. The monoisotopic (exact) mass is 444 g/mol. The minimum absolute atomic E-state index is 0.0144. The number of hydrogen-bond acceptors (Lipinski definition) is 3. The van der Waals surface area contributed by atoms with Crippen molar-refractivity contribution in [3.63, 3.8) is 0 Å². The smallest absolute Gasteiger partial charge is 0.230 e. The molecule has 2 aliphatic rings. The van der Waals surface area contributed by atoms with Crippen LogP contribution in [-0.2, 0) is 15.0 Å². The number of hydrogen-bond donors (Lipinski definition) is 1. The number of rotatable bonds is 2. The lowest BCUT2D eigenvalue weighted by Crippen LogP contribution is -2.41. The van der Waals surface area contributed by atoms with Gasteiger partial charge in [0.25, 0.3) is 0 Å². The molecule has 4 heteroatoms. The number of nitrogens with zero attached hydrogens (tertiary/aromatic N) is 1. The van der Waals surface area contributed by atoms with E-state index in [0.717, 1.165) is 34.6 Å². The van der Waals surface area contributed by atoms with Crippen molar-refractivity contribution in [2.75, 3.05) is 10.2 Å². The molecule has 1 N–H and O–H groups in total.